The number of hydrogen-bond acceptors (Lipinski definition) is 9. The third-order valence-electron chi connectivity index (χ3n) is 6.23. The Morgan fingerprint density at radius 3 is 2.59 bits per heavy atom. The van der Waals surface area contributed by atoms with Gasteiger partial charge in [0.2, 0.25) is 5.89 Å². The van der Waals surface area contributed by atoms with Crippen molar-refractivity contribution in [3.05, 3.63) is 78.1 Å². The van der Waals surface area contributed by atoms with Crippen LogP contribution in [0.4, 0.5) is 0 Å². The minimum atomic E-state index is -0.260. The van der Waals surface area contributed by atoms with Crippen molar-refractivity contribution in [3.63, 3.8) is 0 Å². The maximum absolute atomic E-state index is 13.3. The molecule has 0 bridgehead atoms. The fraction of sp³-hybridized carbons (Fsp3) is 0.231. The fourth-order valence-corrected chi connectivity index (χ4v) is 4.51. The largest absolute Gasteiger partial charge is 0.508 e. The molecule has 0 aliphatic carbocycles. The molecule has 1 saturated heterocycles. The van der Waals surface area contributed by atoms with Gasteiger partial charge in [-0.3, -0.25) is 14.7 Å². The van der Waals surface area contributed by atoms with Gasteiger partial charge in [-0.2, -0.15) is 0 Å². The molecule has 190 valence electrons. The molecule has 0 saturated carbocycles. The van der Waals surface area contributed by atoms with Crippen LogP contribution in [-0.2, 0) is 0 Å². The molecule has 1 aliphatic heterocycles. The van der Waals surface area contributed by atoms with Gasteiger partial charge in [-0.15, -0.1) is 5.10 Å². The first-order valence-electron chi connectivity index (χ1n) is 11.9. The monoisotopic (exact) mass is 500 g/mol. The lowest BCUT2D eigenvalue weighted by molar-refractivity contribution is 0.0605. The summed E-state index contributed by atoms with van der Waals surface area (Å²) in [5.74, 6) is 6.39. The van der Waals surface area contributed by atoms with E-state index in [0.717, 1.165) is 5.56 Å². The topological polar surface area (TPSA) is 150 Å². The van der Waals surface area contributed by atoms with Crippen LogP contribution in [-0.4, -0.2) is 75.0 Å². The average molecular weight is 501 g/mol. The van der Waals surface area contributed by atoms with E-state index < -0.39 is 0 Å². The van der Waals surface area contributed by atoms with Gasteiger partial charge in [-0.1, -0.05) is 30.3 Å². The number of aromatic nitrogens is 2. The Hall–Kier alpha value is -4.48. The standard InChI is InChI=1S/C26H28N8O3/c1-32(28)31-24(27)23(17-5-3-2-4-6-17)33-11-13-34(14-12-33)26(36)21-15-18(9-10-29-21)25-30-20-16-19(35)7-8-22(20)37-25/h2-10,15-16,23,35H,11-14,28H2,1H3,(H2,27,31). The number of amides is 1. The Balaban J connectivity index is 1.31. The second kappa shape index (κ2) is 10.2. The number of aromatic hydroxyl groups is 1. The molecule has 5 N–H and O–H groups in total. The number of amidine groups is 1. The van der Waals surface area contributed by atoms with Gasteiger partial charge >= 0.3 is 0 Å². The molecule has 4 aromatic rings. The molecule has 1 aliphatic rings. The number of fused-ring (bicyclic) bond motifs is 1. The molecule has 1 fully saturated rings. The predicted molar refractivity (Wildman–Crippen MR) is 139 cm³/mol. The number of hydrazine groups is 1. The number of phenols is 1. The molecule has 37 heavy (non-hydrogen) atoms. The predicted octanol–water partition coefficient (Wildman–Crippen LogP) is 2.17. The number of nitrogens with two attached hydrogens (primary N) is 2. The molecule has 1 unspecified atom stereocenters. The van der Waals surface area contributed by atoms with Crippen molar-refractivity contribution in [2.24, 2.45) is 16.7 Å². The van der Waals surface area contributed by atoms with Gasteiger partial charge in [-0.25, -0.2) is 15.9 Å². The van der Waals surface area contributed by atoms with Gasteiger partial charge < -0.3 is 20.2 Å². The Kier molecular flexibility index (Phi) is 6.71. The maximum atomic E-state index is 13.3. The van der Waals surface area contributed by atoms with Crippen molar-refractivity contribution < 1.29 is 14.3 Å². The van der Waals surface area contributed by atoms with Crippen LogP contribution in [0.15, 0.2) is 76.4 Å². The van der Waals surface area contributed by atoms with Crippen LogP contribution in [0, 0.1) is 0 Å². The Labute approximate surface area is 213 Å². The zero-order valence-corrected chi connectivity index (χ0v) is 20.4. The zero-order chi connectivity index (χ0) is 25.9. The summed E-state index contributed by atoms with van der Waals surface area (Å²) in [7, 11) is 1.62. The lowest BCUT2D eigenvalue weighted by Crippen LogP contribution is -2.52. The number of phenolic OH excluding ortho intramolecular Hbond substituents is 1. The summed E-state index contributed by atoms with van der Waals surface area (Å²) in [6, 6.07) is 17.7. The van der Waals surface area contributed by atoms with Crippen LogP contribution in [0.3, 0.4) is 0 Å². The maximum Gasteiger partial charge on any atom is 0.272 e. The summed E-state index contributed by atoms with van der Waals surface area (Å²) in [5.41, 5.74) is 9.37. The van der Waals surface area contributed by atoms with Gasteiger partial charge in [0.05, 0.1) is 6.04 Å². The summed E-state index contributed by atoms with van der Waals surface area (Å²) < 4.78 is 5.80. The van der Waals surface area contributed by atoms with Gasteiger partial charge in [0.25, 0.3) is 5.91 Å². The molecule has 3 heterocycles. The lowest BCUT2D eigenvalue weighted by atomic mass is 10.0. The summed E-state index contributed by atoms with van der Waals surface area (Å²) in [6.07, 6.45) is 1.57. The first-order valence-corrected chi connectivity index (χ1v) is 11.9. The van der Waals surface area contributed by atoms with E-state index in [1.54, 1.807) is 36.3 Å². The number of piperazine rings is 1. The molecular formula is C26H28N8O3. The molecule has 1 amide bonds. The van der Waals surface area contributed by atoms with Crippen molar-refractivity contribution in [2.45, 2.75) is 6.04 Å². The lowest BCUT2D eigenvalue weighted by Gasteiger charge is -2.39. The highest BCUT2D eigenvalue weighted by Crippen LogP contribution is 2.27. The van der Waals surface area contributed by atoms with E-state index >= 15 is 0 Å². The third kappa shape index (κ3) is 5.22. The number of hydrazone groups is 1. The number of carbonyl (C=O) groups excluding carboxylic acids is 1. The van der Waals surface area contributed by atoms with Crippen LogP contribution in [0.1, 0.15) is 22.1 Å². The van der Waals surface area contributed by atoms with Crippen LogP contribution >= 0.6 is 0 Å². The number of rotatable bonds is 6. The van der Waals surface area contributed by atoms with Crippen molar-refractivity contribution in [1.29, 1.82) is 0 Å². The van der Waals surface area contributed by atoms with Crippen LogP contribution < -0.4 is 11.6 Å². The van der Waals surface area contributed by atoms with Crippen LogP contribution in [0.25, 0.3) is 22.6 Å². The highest BCUT2D eigenvalue weighted by Gasteiger charge is 2.30. The second-order valence-corrected chi connectivity index (χ2v) is 8.84. The molecular weight excluding hydrogens is 472 g/mol. The molecule has 1 atom stereocenters. The van der Waals surface area contributed by atoms with E-state index in [0.29, 0.717) is 60.3 Å². The normalized spacial score (nSPS) is 15.6. The number of nitrogens with zero attached hydrogens (tertiary/aromatic N) is 6. The van der Waals surface area contributed by atoms with Gasteiger partial charge in [-0.05, 0) is 29.8 Å². The molecule has 2 aromatic carbocycles. The van der Waals surface area contributed by atoms with E-state index in [1.165, 1.54) is 17.3 Å². The molecule has 2 aromatic heterocycles. The van der Waals surface area contributed by atoms with E-state index in [4.69, 9.17) is 16.0 Å². The average Bonchev–Trinajstić information content (AvgIpc) is 3.32. The van der Waals surface area contributed by atoms with Gasteiger partial charge in [0, 0.05) is 51.1 Å². The van der Waals surface area contributed by atoms with Gasteiger partial charge in [0.1, 0.15) is 22.8 Å². The molecule has 0 spiro atoms. The van der Waals surface area contributed by atoms with E-state index in [1.807, 2.05) is 30.3 Å². The SMILES string of the molecule is CN(N)/N=C(\N)C(c1ccccc1)N1CCN(C(=O)c2cc(-c3nc4cc(O)ccc4o3)ccn2)CC1. The smallest absolute Gasteiger partial charge is 0.272 e. The third-order valence-corrected chi connectivity index (χ3v) is 6.23. The number of pyridine rings is 1. The van der Waals surface area contributed by atoms with Crippen molar-refractivity contribution in [3.8, 4) is 17.2 Å². The summed E-state index contributed by atoms with van der Waals surface area (Å²) >= 11 is 0. The highest BCUT2D eigenvalue weighted by atomic mass is 16.3. The highest BCUT2D eigenvalue weighted by molar-refractivity contribution is 5.93. The number of benzene rings is 2. The van der Waals surface area contributed by atoms with E-state index in [-0.39, 0.29) is 17.7 Å². The molecule has 11 heteroatoms. The van der Waals surface area contributed by atoms with Crippen molar-refractivity contribution in [1.82, 2.24) is 24.9 Å². The summed E-state index contributed by atoms with van der Waals surface area (Å²) in [6.45, 7) is 2.21. The summed E-state index contributed by atoms with van der Waals surface area (Å²) in [5, 5.41) is 15.1. The minimum Gasteiger partial charge on any atom is -0.508 e. The minimum absolute atomic E-state index is 0.106. The van der Waals surface area contributed by atoms with E-state index in [2.05, 4.69) is 20.0 Å². The first kappa shape index (κ1) is 24.2. The van der Waals surface area contributed by atoms with Crippen LogP contribution in [0.2, 0.25) is 0 Å². The van der Waals surface area contributed by atoms with Crippen molar-refractivity contribution >= 4 is 22.8 Å². The Bertz CT molecular complexity index is 1430. The van der Waals surface area contributed by atoms with Gasteiger partial charge in [0.15, 0.2) is 5.58 Å². The fourth-order valence-electron chi connectivity index (χ4n) is 4.51. The quantitative estimate of drug-likeness (QED) is 0.157. The Morgan fingerprint density at radius 1 is 1.11 bits per heavy atom. The van der Waals surface area contributed by atoms with Crippen LogP contribution in [0.5, 0.6) is 5.75 Å². The molecule has 5 rings (SSSR count). The van der Waals surface area contributed by atoms with E-state index in [9.17, 15) is 9.90 Å². The zero-order valence-electron chi connectivity index (χ0n) is 20.4. The molecule has 11 nitrogen and oxygen atoms in total. The molecule has 0 radical (unpaired) electrons. The number of oxazole rings is 1. The summed E-state index contributed by atoms with van der Waals surface area (Å²) in [4.78, 5) is 26.0. The van der Waals surface area contributed by atoms with Crippen molar-refractivity contribution in [2.75, 3.05) is 33.2 Å². The Morgan fingerprint density at radius 2 is 1.86 bits per heavy atom. The number of hydrogen-bond donors (Lipinski definition) is 3. The first-order chi connectivity index (χ1) is 17.9. The number of carbonyl (C=O) groups is 1. The second-order valence-electron chi connectivity index (χ2n) is 8.84.